The molecule has 1 amide bonds. The van der Waals surface area contributed by atoms with Gasteiger partial charge in [0.2, 0.25) is 5.91 Å². The molecular formula is C13H20N2O2S. The summed E-state index contributed by atoms with van der Waals surface area (Å²) in [6.45, 7) is 3.01. The SMILES string of the molecule is CCCC(NC(=O)C1(N)CCOC1)c1cccs1. The van der Waals surface area contributed by atoms with Crippen LogP contribution in [0.15, 0.2) is 17.5 Å². The van der Waals surface area contributed by atoms with Crippen molar-refractivity contribution in [3.63, 3.8) is 0 Å². The van der Waals surface area contributed by atoms with E-state index < -0.39 is 5.54 Å². The van der Waals surface area contributed by atoms with Crippen LogP contribution in [0.2, 0.25) is 0 Å². The minimum atomic E-state index is -0.844. The van der Waals surface area contributed by atoms with Crippen LogP contribution in [0.1, 0.15) is 37.1 Å². The van der Waals surface area contributed by atoms with E-state index in [0.717, 1.165) is 12.8 Å². The number of ether oxygens (including phenoxy) is 1. The van der Waals surface area contributed by atoms with E-state index in [-0.39, 0.29) is 11.9 Å². The van der Waals surface area contributed by atoms with Crippen molar-refractivity contribution in [1.29, 1.82) is 0 Å². The van der Waals surface area contributed by atoms with Crippen LogP contribution in [0.5, 0.6) is 0 Å². The third kappa shape index (κ3) is 2.91. The highest BCUT2D eigenvalue weighted by molar-refractivity contribution is 7.10. The van der Waals surface area contributed by atoms with Crippen LogP contribution in [0.4, 0.5) is 0 Å². The predicted molar refractivity (Wildman–Crippen MR) is 72.5 cm³/mol. The molecule has 1 aromatic rings. The average molecular weight is 268 g/mol. The largest absolute Gasteiger partial charge is 0.379 e. The fourth-order valence-corrected chi connectivity index (χ4v) is 2.94. The van der Waals surface area contributed by atoms with Crippen molar-refractivity contribution in [2.24, 2.45) is 5.73 Å². The van der Waals surface area contributed by atoms with Crippen LogP contribution in [-0.2, 0) is 9.53 Å². The van der Waals surface area contributed by atoms with Crippen LogP contribution in [0, 0.1) is 0 Å². The van der Waals surface area contributed by atoms with Crippen molar-refractivity contribution in [1.82, 2.24) is 5.32 Å². The molecule has 2 atom stereocenters. The summed E-state index contributed by atoms with van der Waals surface area (Å²) < 4.78 is 5.23. The maximum absolute atomic E-state index is 12.2. The zero-order valence-corrected chi connectivity index (χ0v) is 11.5. The highest BCUT2D eigenvalue weighted by Gasteiger charge is 2.39. The number of carbonyl (C=O) groups excluding carboxylic acids is 1. The van der Waals surface area contributed by atoms with Gasteiger partial charge >= 0.3 is 0 Å². The Morgan fingerprint density at radius 2 is 2.56 bits per heavy atom. The second-order valence-corrected chi connectivity index (χ2v) is 5.77. The van der Waals surface area contributed by atoms with Gasteiger partial charge in [0, 0.05) is 11.5 Å². The monoisotopic (exact) mass is 268 g/mol. The van der Waals surface area contributed by atoms with Gasteiger partial charge in [-0.1, -0.05) is 19.4 Å². The van der Waals surface area contributed by atoms with Crippen molar-refractivity contribution in [2.45, 2.75) is 37.8 Å². The third-order valence-electron chi connectivity index (χ3n) is 3.27. The van der Waals surface area contributed by atoms with E-state index in [1.165, 1.54) is 4.88 Å². The van der Waals surface area contributed by atoms with Crippen molar-refractivity contribution in [3.05, 3.63) is 22.4 Å². The fourth-order valence-electron chi connectivity index (χ4n) is 2.13. The Morgan fingerprint density at radius 1 is 1.72 bits per heavy atom. The molecule has 5 heteroatoms. The van der Waals surface area contributed by atoms with E-state index >= 15 is 0 Å². The molecule has 1 aliphatic rings. The smallest absolute Gasteiger partial charge is 0.243 e. The maximum Gasteiger partial charge on any atom is 0.243 e. The first kappa shape index (κ1) is 13.5. The van der Waals surface area contributed by atoms with E-state index in [9.17, 15) is 4.79 Å². The lowest BCUT2D eigenvalue weighted by Gasteiger charge is -2.25. The fraction of sp³-hybridized carbons (Fsp3) is 0.615. The van der Waals surface area contributed by atoms with Crippen molar-refractivity contribution in [3.8, 4) is 0 Å². The lowest BCUT2D eigenvalue weighted by Crippen LogP contribution is -2.55. The van der Waals surface area contributed by atoms with Crippen molar-refractivity contribution in [2.75, 3.05) is 13.2 Å². The zero-order chi connectivity index (χ0) is 13.0. The van der Waals surface area contributed by atoms with E-state index in [0.29, 0.717) is 19.6 Å². The summed E-state index contributed by atoms with van der Waals surface area (Å²) in [5.74, 6) is -0.0909. The lowest BCUT2D eigenvalue weighted by molar-refractivity contribution is -0.127. The molecule has 100 valence electrons. The normalized spacial score (nSPS) is 25.0. The number of nitrogens with one attached hydrogen (secondary N) is 1. The summed E-state index contributed by atoms with van der Waals surface area (Å²) in [5, 5.41) is 5.10. The van der Waals surface area contributed by atoms with E-state index in [1.807, 2.05) is 11.4 Å². The average Bonchev–Trinajstić information content (AvgIpc) is 2.99. The van der Waals surface area contributed by atoms with Gasteiger partial charge in [-0.3, -0.25) is 4.79 Å². The maximum atomic E-state index is 12.2. The summed E-state index contributed by atoms with van der Waals surface area (Å²) in [4.78, 5) is 13.4. The number of hydrogen-bond donors (Lipinski definition) is 2. The molecule has 0 aliphatic carbocycles. The van der Waals surface area contributed by atoms with Crippen LogP contribution >= 0.6 is 11.3 Å². The summed E-state index contributed by atoms with van der Waals surface area (Å²) in [7, 11) is 0. The Kier molecular flexibility index (Phi) is 4.37. The van der Waals surface area contributed by atoms with Gasteiger partial charge in [0.25, 0.3) is 0 Å². The zero-order valence-electron chi connectivity index (χ0n) is 10.6. The topological polar surface area (TPSA) is 64.4 Å². The summed E-state index contributed by atoms with van der Waals surface area (Å²) in [5.41, 5.74) is 5.22. The second kappa shape index (κ2) is 5.82. The molecule has 2 rings (SSSR count). The number of nitrogens with two attached hydrogens (primary N) is 1. The molecule has 3 N–H and O–H groups in total. The Hall–Kier alpha value is -0.910. The molecular weight excluding hydrogens is 248 g/mol. The molecule has 18 heavy (non-hydrogen) atoms. The van der Waals surface area contributed by atoms with Gasteiger partial charge < -0.3 is 15.8 Å². The molecule has 0 aromatic carbocycles. The van der Waals surface area contributed by atoms with Crippen molar-refractivity contribution < 1.29 is 9.53 Å². The quantitative estimate of drug-likeness (QED) is 0.856. The molecule has 2 heterocycles. The predicted octanol–water partition coefficient (Wildman–Crippen LogP) is 1.82. The van der Waals surface area contributed by atoms with Crippen LogP contribution in [0.3, 0.4) is 0 Å². The number of hydrogen-bond acceptors (Lipinski definition) is 4. The van der Waals surface area contributed by atoms with Crippen LogP contribution < -0.4 is 11.1 Å². The molecule has 0 radical (unpaired) electrons. The van der Waals surface area contributed by atoms with Crippen LogP contribution in [0.25, 0.3) is 0 Å². The minimum Gasteiger partial charge on any atom is -0.379 e. The van der Waals surface area contributed by atoms with Gasteiger partial charge in [-0.25, -0.2) is 0 Å². The Labute approximate surface area is 112 Å². The number of carbonyl (C=O) groups is 1. The third-order valence-corrected chi connectivity index (χ3v) is 4.26. The minimum absolute atomic E-state index is 0.0727. The molecule has 2 unspecified atom stereocenters. The summed E-state index contributed by atoms with van der Waals surface area (Å²) in [6.07, 6.45) is 2.56. The Balaban J connectivity index is 2.03. The van der Waals surface area contributed by atoms with E-state index in [2.05, 4.69) is 18.3 Å². The summed E-state index contributed by atoms with van der Waals surface area (Å²) >= 11 is 1.67. The van der Waals surface area contributed by atoms with Gasteiger partial charge in [0.15, 0.2) is 0 Å². The molecule has 4 nitrogen and oxygen atoms in total. The molecule has 0 saturated carbocycles. The molecule has 1 aromatic heterocycles. The van der Waals surface area contributed by atoms with Gasteiger partial charge in [0.05, 0.1) is 12.6 Å². The molecule has 1 fully saturated rings. The van der Waals surface area contributed by atoms with Gasteiger partial charge in [-0.15, -0.1) is 11.3 Å². The first-order valence-corrected chi connectivity index (χ1v) is 7.24. The molecule has 0 bridgehead atoms. The first-order chi connectivity index (χ1) is 8.65. The highest BCUT2D eigenvalue weighted by Crippen LogP contribution is 2.25. The van der Waals surface area contributed by atoms with Gasteiger partial charge in [-0.2, -0.15) is 0 Å². The second-order valence-electron chi connectivity index (χ2n) is 4.79. The van der Waals surface area contributed by atoms with Crippen molar-refractivity contribution >= 4 is 17.2 Å². The van der Waals surface area contributed by atoms with Gasteiger partial charge in [-0.05, 0) is 24.3 Å². The van der Waals surface area contributed by atoms with E-state index in [4.69, 9.17) is 10.5 Å². The molecule has 0 spiro atoms. The Morgan fingerprint density at radius 3 is 3.11 bits per heavy atom. The van der Waals surface area contributed by atoms with E-state index in [1.54, 1.807) is 11.3 Å². The molecule has 1 saturated heterocycles. The standard InChI is InChI=1S/C13H20N2O2S/c1-2-4-10(11-5-3-8-18-11)15-12(16)13(14)6-7-17-9-13/h3,5,8,10H,2,4,6-7,9,14H2,1H3,(H,15,16). The summed E-state index contributed by atoms with van der Waals surface area (Å²) in [6, 6.07) is 4.13. The first-order valence-electron chi connectivity index (χ1n) is 6.37. The number of amides is 1. The highest BCUT2D eigenvalue weighted by atomic mass is 32.1. The molecule has 1 aliphatic heterocycles. The number of rotatable bonds is 5. The van der Waals surface area contributed by atoms with Gasteiger partial charge in [0.1, 0.15) is 5.54 Å². The van der Waals surface area contributed by atoms with Crippen LogP contribution in [-0.4, -0.2) is 24.7 Å². The number of thiophene rings is 1. The Bertz CT molecular complexity index is 386. The lowest BCUT2D eigenvalue weighted by atomic mass is 9.98.